The van der Waals surface area contributed by atoms with Gasteiger partial charge in [-0.1, -0.05) is 5.10 Å². The number of ether oxygens (including phenoxy) is 1. The van der Waals surface area contributed by atoms with Gasteiger partial charge in [-0.2, -0.15) is 0 Å². The maximum absolute atomic E-state index is 5.84. The summed E-state index contributed by atoms with van der Waals surface area (Å²) in [5.41, 5.74) is 0. The van der Waals surface area contributed by atoms with Gasteiger partial charge in [-0.15, -0.1) is 16.7 Å². The Morgan fingerprint density at radius 2 is 2.31 bits per heavy atom. The number of aromatic nitrogens is 2. The Balaban J connectivity index is 1.97. The number of nitrogens with one attached hydrogen (secondary N) is 1. The van der Waals surface area contributed by atoms with Gasteiger partial charge < -0.3 is 14.5 Å². The normalized spacial score (nSPS) is 26.9. The summed E-state index contributed by atoms with van der Waals surface area (Å²) in [4.78, 5) is 0. The second-order valence-electron chi connectivity index (χ2n) is 4.02. The molecule has 1 saturated carbocycles. The van der Waals surface area contributed by atoms with Gasteiger partial charge in [-0.25, -0.2) is 0 Å². The van der Waals surface area contributed by atoms with Gasteiger partial charge in [-0.05, 0) is 26.2 Å². The standard InChI is InChI=1S/C10H16ClN3O2/c1-6(11)9-13-14-10(16-9)12-7-4-3-5-8(7)15-2/h6-8H,3-5H2,1-2H3,(H,12,14). The van der Waals surface area contributed by atoms with Crippen molar-refractivity contribution < 1.29 is 9.15 Å². The van der Waals surface area contributed by atoms with Crippen LogP contribution in [0.3, 0.4) is 0 Å². The van der Waals surface area contributed by atoms with Gasteiger partial charge in [0, 0.05) is 7.11 Å². The molecule has 1 aliphatic rings. The molecule has 16 heavy (non-hydrogen) atoms. The number of rotatable bonds is 4. The van der Waals surface area contributed by atoms with Crippen LogP contribution in [0.25, 0.3) is 0 Å². The maximum atomic E-state index is 5.84. The monoisotopic (exact) mass is 245 g/mol. The number of halogens is 1. The van der Waals surface area contributed by atoms with E-state index in [9.17, 15) is 0 Å². The summed E-state index contributed by atoms with van der Waals surface area (Å²) in [7, 11) is 1.73. The van der Waals surface area contributed by atoms with Gasteiger partial charge in [-0.3, -0.25) is 0 Å². The SMILES string of the molecule is COC1CCCC1Nc1nnc(C(C)Cl)o1. The molecule has 2 rings (SSSR count). The van der Waals surface area contributed by atoms with E-state index < -0.39 is 0 Å². The topological polar surface area (TPSA) is 60.2 Å². The maximum Gasteiger partial charge on any atom is 0.315 e. The molecular weight excluding hydrogens is 230 g/mol. The average molecular weight is 246 g/mol. The van der Waals surface area contributed by atoms with E-state index in [0.717, 1.165) is 19.3 Å². The van der Waals surface area contributed by atoms with E-state index in [4.69, 9.17) is 20.8 Å². The van der Waals surface area contributed by atoms with Gasteiger partial charge in [0.1, 0.15) is 5.38 Å². The summed E-state index contributed by atoms with van der Waals surface area (Å²) >= 11 is 5.84. The van der Waals surface area contributed by atoms with Crippen molar-refractivity contribution >= 4 is 17.6 Å². The number of alkyl halides is 1. The van der Waals surface area contributed by atoms with Crippen molar-refractivity contribution in [3.8, 4) is 0 Å². The van der Waals surface area contributed by atoms with E-state index in [2.05, 4.69) is 15.5 Å². The first-order valence-electron chi connectivity index (χ1n) is 5.47. The van der Waals surface area contributed by atoms with Crippen LogP contribution in [0.5, 0.6) is 0 Å². The number of hydrogen-bond acceptors (Lipinski definition) is 5. The Bertz CT molecular complexity index is 343. The van der Waals surface area contributed by atoms with Crippen LogP contribution >= 0.6 is 11.6 Å². The third kappa shape index (κ3) is 2.47. The molecular formula is C10H16ClN3O2. The first kappa shape index (κ1) is 11.7. The zero-order valence-corrected chi connectivity index (χ0v) is 10.2. The molecule has 3 unspecified atom stereocenters. The lowest BCUT2D eigenvalue weighted by Crippen LogP contribution is -2.29. The van der Waals surface area contributed by atoms with E-state index >= 15 is 0 Å². The Labute approximate surface area is 99.5 Å². The highest BCUT2D eigenvalue weighted by molar-refractivity contribution is 6.20. The predicted molar refractivity (Wildman–Crippen MR) is 60.6 cm³/mol. The summed E-state index contributed by atoms with van der Waals surface area (Å²) in [5, 5.41) is 10.7. The summed E-state index contributed by atoms with van der Waals surface area (Å²) < 4.78 is 10.8. The predicted octanol–water partition coefficient (Wildman–Crippen LogP) is 2.35. The smallest absolute Gasteiger partial charge is 0.315 e. The van der Waals surface area contributed by atoms with Crippen molar-refractivity contribution in [2.24, 2.45) is 0 Å². The molecule has 0 bridgehead atoms. The summed E-state index contributed by atoms with van der Waals surface area (Å²) in [6.07, 6.45) is 3.51. The van der Waals surface area contributed by atoms with Gasteiger partial charge in [0.2, 0.25) is 5.89 Å². The van der Waals surface area contributed by atoms with Crippen molar-refractivity contribution in [3.63, 3.8) is 0 Å². The highest BCUT2D eigenvalue weighted by atomic mass is 35.5. The second kappa shape index (κ2) is 5.01. The van der Waals surface area contributed by atoms with Crippen LogP contribution in [-0.4, -0.2) is 29.5 Å². The third-order valence-electron chi connectivity index (χ3n) is 2.85. The molecule has 1 aliphatic carbocycles. The van der Waals surface area contributed by atoms with Gasteiger partial charge in [0.05, 0.1) is 12.1 Å². The fourth-order valence-corrected chi connectivity index (χ4v) is 2.07. The Kier molecular flexibility index (Phi) is 3.66. The zero-order chi connectivity index (χ0) is 11.5. The second-order valence-corrected chi connectivity index (χ2v) is 4.67. The molecule has 0 spiro atoms. The Morgan fingerprint density at radius 3 is 2.94 bits per heavy atom. The van der Waals surface area contributed by atoms with Crippen LogP contribution in [0, 0.1) is 0 Å². The van der Waals surface area contributed by atoms with E-state index in [1.165, 1.54) is 0 Å². The molecule has 1 aromatic heterocycles. The summed E-state index contributed by atoms with van der Waals surface area (Å²) in [6.45, 7) is 1.80. The lowest BCUT2D eigenvalue weighted by atomic mass is 10.2. The average Bonchev–Trinajstić information content (AvgIpc) is 2.87. The Hall–Kier alpha value is -0.810. The van der Waals surface area contributed by atoms with Crippen LogP contribution in [-0.2, 0) is 4.74 Å². The number of hydrogen-bond donors (Lipinski definition) is 1. The van der Waals surface area contributed by atoms with Gasteiger partial charge in [0.25, 0.3) is 0 Å². The van der Waals surface area contributed by atoms with Crippen LogP contribution in [0.1, 0.15) is 37.5 Å². The molecule has 0 radical (unpaired) electrons. The first-order chi connectivity index (χ1) is 7.70. The lowest BCUT2D eigenvalue weighted by molar-refractivity contribution is 0.100. The molecule has 90 valence electrons. The van der Waals surface area contributed by atoms with Crippen molar-refractivity contribution in [2.75, 3.05) is 12.4 Å². The van der Waals surface area contributed by atoms with Crippen molar-refractivity contribution in [3.05, 3.63) is 5.89 Å². The molecule has 1 N–H and O–H groups in total. The number of methoxy groups -OCH3 is 1. The Morgan fingerprint density at radius 1 is 1.50 bits per heavy atom. The molecule has 0 aromatic carbocycles. The molecule has 3 atom stereocenters. The quantitative estimate of drug-likeness (QED) is 0.825. The van der Waals surface area contributed by atoms with Crippen LogP contribution in [0.15, 0.2) is 4.42 Å². The summed E-state index contributed by atoms with van der Waals surface area (Å²) in [5.74, 6) is 0.441. The van der Waals surface area contributed by atoms with E-state index in [0.29, 0.717) is 11.9 Å². The molecule has 5 nitrogen and oxygen atoms in total. The van der Waals surface area contributed by atoms with Crippen molar-refractivity contribution in [1.29, 1.82) is 0 Å². The highest BCUT2D eigenvalue weighted by Gasteiger charge is 2.28. The van der Waals surface area contributed by atoms with Crippen molar-refractivity contribution in [1.82, 2.24) is 10.2 Å². The lowest BCUT2D eigenvalue weighted by Gasteiger charge is -2.17. The van der Waals surface area contributed by atoms with Crippen LogP contribution in [0.2, 0.25) is 0 Å². The third-order valence-corrected chi connectivity index (χ3v) is 3.03. The summed E-state index contributed by atoms with van der Waals surface area (Å²) in [6, 6.07) is 0.681. The van der Waals surface area contributed by atoms with Crippen LogP contribution < -0.4 is 5.32 Å². The fourth-order valence-electron chi connectivity index (χ4n) is 1.99. The molecule has 1 aromatic rings. The van der Waals surface area contributed by atoms with E-state index in [-0.39, 0.29) is 17.5 Å². The molecule has 1 fully saturated rings. The van der Waals surface area contributed by atoms with Crippen LogP contribution in [0.4, 0.5) is 6.01 Å². The highest BCUT2D eigenvalue weighted by Crippen LogP contribution is 2.26. The minimum absolute atomic E-state index is 0.226. The molecule has 6 heteroatoms. The number of anilines is 1. The fraction of sp³-hybridized carbons (Fsp3) is 0.800. The minimum Gasteiger partial charge on any atom is -0.406 e. The zero-order valence-electron chi connectivity index (χ0n) is 9.44. The van der Waals surface area contributed by atoms with E-state index in [1.807, 2.05) is 0 Å². The molecule has 1 heterocycles. The molecule has 0 aliphatic heterocycles. The minimum atomic E-state index is -0.259. The van der Waals surface area contributed by atoms with E-state index in [1.54, 1.807) is 14.0 Å². The molecule has 0 amide bonds. The number of nitrogens with zero attached hydrogens (tertiary/aromatic N) is 2. The van der Waals surface area contributed by atoms with Gasteiger partial charge >= 0.3 is 6.01 Å². The van der Waals surface area contributed by atoms with Crippen molar-refractivity contribution in [2.45, 2.75) is 43.7 Å². The first-order valence-corrected chi connectivity index (χ1v) is 5.91. The largest absolute Gasteiger partial charge is 0.406 e. The molecule has 0 saturated heterocycles. The van der Waals surface area contributed by atoms with Gasteiger partial charge in [0.15, 0.2) is 0 Å².